The molecule has 0 atom stereocenters. The van der Waals surface area contributed by atoms with Crippen molar-refractivity contribution in [3.05, 3.63) is 61.5 Å². The molecule has 2 rings (SSSR count). The molecule has 2 aromatic rings. The van der Waals surface area contributed by atoms with Gasteiger partial charge in [0, 0.05) is 20.6 Å². The Morgan fingerprint density at radius 2 is 1.90 bits per heavy atom. The molecule has 2 aromatic carbocycles. The fourth-order valence-electron chi connectivity index (χ4n) is 1.51. The molecule has 0 saturated heterocycles. The molecular weight excluding hydrogens is 423 g/mol. The highest BCUT2D eigenvalue weighted by Crippen LogP contribution is 2.30. The number of aromatic hydroxyl groups is 1. The zero-order valence-corrected chi connectivity index (χ0v) is 14.4. The minimum absolute atomic E-state index is 0.0442. The first-order chi connectivity index (χ1) is 9.97. The third-order valence-corrected chi connectivity index (χ3v) is 3.85. The summed E-state index contributed by atoms with van der Waals surface area (Å²) >= 11 is 12.3. The van der Waals surface area contributed by atoms with Crippen molar-refractivity contribution in [1.82, 2.24) is 5.43 Å². The summed E-state index contributed by atoms with van der Waals surface area (Å²) < 4.78 is 1.31. The second kappa shape index (κ2) is 7.06. The van der Waals surface area contributed by atoms with Crippen LogP contribution in [0.15, 0.2) is 50.4 Å². The fraction of sp³-hybridized carbons (Fsp3) is 0. The van der Waals surface area contributed by atoms with Gasteiger partial charge in [0.05, 0.1) is 10.7 Å². The monoisotopic (exact) mass is 430 g/mol. The number of carbonyl (C=O) groups is 1. The van der Waals surface area contributed by atoms with Crippen molar-refractivity contribution in [2.75, 3.05) is 0 Å². The van der Waals surface area contributed by atoms with Gasteiger partial charge in [0.25, 0.3) is 5.91 Å². The van der Waals surface area contributed by atoms with Gasteiger partial charge in [-0.2, -0.15) is 5.10 Å². The highest BCUT2D eigenvalue weighted by molar-refractivity contribution is 9.11. The third-order valence-electron chi connectivity index (χ3n) is 2.53. The molecule has 0 aliphatic rings. The van der Waals surface area contributed by atoms with E-state index < -0.39 is 0 Å². The van der Waals surface area contributed by atoms with Crippen LogP contribution in [-0.2, 0) is 0 Å². The summed E-state index contributed by atoms with van der Waals surface area (Å²) in [4.78, 5) is 11.8. The highest BCUT2D eigenvalue weighted by Gasteiger charge is 2.06. The molecule has 7 heteroatoms. The molecule has 0 bridgehead atoms. The van der Waals surface area contributed by atoms with E-state index in [1.165, 1.54) is 6.21 Å². The van der Waals surface area contributed by atoms with Crippen LogP contribution in [0.4, 0.5) is 0 Å². The zero-order chi connectivity index (χ0) is 15.4. The lowest BCUT2D eigenvalue weighted by molar-refractivity contribution is 0.0955. The number of nitrogens with zero attached hydrogens (tertiary/aromatic N) is 1. The van der Waals surface area contributed by atoms with E-state index in [1.807, 2.05) is 0 Å². The number of amides is 1. The van der Waals surface area contributed by atoms with E-state index in [9.17, 15) is 9.90 Å². The molecule has 0 aliphatic carbocycles. The Bertz CT molecular complexity index is 703. The van der Waals surface area contributed by atoms with Gasteiger partial charge in [-0.05, 0) is 52.3 Å². The van der Waals surface area contributed by atoms with Crippen molar-refractivity contribution < 1.29 is 9.90 Å². The van der Waals surface area contributed by atoms with Crippen molar-refractivity contribution in [2.45, 2.75) is 0 Å². The first-order valence-corrected chi connectivity index (χ1v) is 7.71. The zero-order valence-electron chi connectivity index (χ0n) is 10.5. The largest absolute Gasteiger partial charge is 0.506 e. The van der Waals surface area contributed by atoms with Crippen LogP contribution in [0.3, 0.4) is 0 Å². The molecule has 2 N–H and O–H groups in total. The predicted molar refractivity (Wildman–Crippen MR) is 90.0 cm³/mol. The maximum absolute atomic E-state index is 11.8. The number of phenols is 1. The van der Waals surface area contributed by atoms with Gasteiger partial charge in [-0.25, -0.2) is 5.43 Å². The molecular formula is C14H9Br2ClN2O2. The molecule has 4 nitrogen and oxygen atoms in total. The standard InChI is InChI=1S/C14H9Br2ClN2O2/c15-10-5-9(13(20)12(16)6-10)7-18-19-14(21)8-1-3-11(17)4-2-8/h1-7,20H,(H,19,21)/b18-7+. The summed E-state index contributed by atoms with van der Waals surface area (Å²) in [5, 5.41) is 14.2. The summed E-state index contributed by atoms with van der Waals surface area (Å²) in [6, 6.07) is 9.83. The second-order valence-electron chi connectivity index (χ2n) is 4.03. The van der Waals surface area contributed by atoms with Crippen molar-refractivity contribution >= 4 is 55.6 Å². The molecule has 21 heavy (non-hydrogen) atoms. The lowest BCUT2D eigenvalue weighted by Gasteiger charge is -2.03. The quantitative estimate of drug-likeness (QED) is 0.560. The van der Waals surface area contributed by atoms with E-state index >= 15 is 0 Å². The Morgan fingerprint density at radius 1 is 1.24 bits per heavy atom. The maximum Gasteiger partial charge on any atom is 0.271 e. The minimum atomic E-state index is -0.364. The van der Waals surface area contributed by atoms with Crippen LogP contribution in [-0.4, -0.2) is 17.2 Å². The number of carbonyl (C=O) groups excluding carboxylic acids is 1. The molecule has 0 unspecified atom stereocenters. The van der Waals surface area contributed by atoms with Gasteiger partial charge in [0.15, 0.2) is 0 Å². The molecule has 0 fully saturated rings. The van der Waals surface area contributed by atoms with E-state index in [2.05, 4.69) is 42.4 Å². The first-order valence-electron chi connectivity index (χ1n) is 5.74. The normalized spacial score (nSPS) is 10.8. The Labute approximate surface area is 143 Å². The van der Waals surface area contributed by atoms with E-state index in [4.69, 9.17) is 11.6 Å². The lowest BCUT2D eigenvalue weighted by Crippen LogP contribution is -2.17. The summed E-state index contributed by atoms with van der Waals surface area (Å²) in [5.41, 5.74) is 3.29. The van der Waals surface area contributed by atoms with Crippen molar-refractivity contribution in [1.29, 1.82) is 0 Å². The number of hydrazone groups is 1. The average molecular weight is 432 g/mol. The smallest absolute Gasteiger partial charge is 0.271 e. The molecule has 0 aliphatic heterocycles. The number of benzene rings is 2. The number of nitrogens with one attached hydrogen (secondary N) is 1. The molecule has 0 heterocycles. The molecule has 108 valence electrons. The van der Waals surface area contributed by atoms with Gasteiger partial charge in [0.1, 0.15) is 5.75 Å². The van der Waals surface area contributed by atoms with Crippen LogP contribution in [0.25, 0.3) is 0 Å². The molecule has 1 amide bonds. The van der Waals surface area contributed by atoms with Crippen LogP contribution >= 0.6 is 43.5 Å². The number of halogens is 3. The number of phenolic OH excluding ortho intramolecular Hbond substituents is 1. The van der Waals surface area contributed by atoms with Crippen molar-refractivity contribution in [3.63, 3.8) is 0 Å². The Balaban J connectivity index is 2.09. The maximum atomic E-state index is 11.8. The minimum Gasteiger partial charge on any atom is -0.506 e. The van der Waals surface area contributed by atoms with Gasteiger partial charge in [-0.1, -0.05) is 27.5 Å². The second-order valence-corrected chi connectivity index (χ2v) is 6.24. The summed E-state index contributed by atoms with van der Waals surface area (Å²) in [5.74, 6) is -0.320. The SMILES string of the molecule is O=C(N/N=C/c1cc(Br)cc(Br)c1O)c1ccc(Cl)cc1. The highest BCUT2D eigenvalue weighted by atomic mass is 79.9. The Morgan fingerprint density at radius 3 is 2.57 bits per heavy atom. The predicted octanol–water partition coefficient (Wildman–Crippen LogP) is 4.33. The summed E-state index contributed by atoms with van der Waals surface area (Å²) in [6.07, 6.45) is 1.36. The molecule has 0 spiro atoms. The number of hydrogen-bond donors (Lipinski definition) is 2. The van der Waals surface area contributed by atoms with Gasteiger partial charge in [-0.15, -0.1) is 0 Å². The first kappa shape index (κ1) is 16.0. The third kappa shape index (κ3) is 4.30. The van der Waals surface area contributed by atoms with E-state index in [1.54, 1.807) is 36.4 Å². The van der Waals surface area contributed by atoms with Gasteiger partial charge in [0.2, 0.25) is 0 Å². The number of hydrogen-bond acceptors (Lipinski definition) is 3. The van der Waals surface area contributed by atoms with Gasteiger partial charge >= 0.3 is 0 Å². The van der Waals surface area contributed by atoms with Crippen LogP contribution in [0.5, 0.6) is 5.75 Å². The molecule has 0 saturated carbocycles. The Hall–Kier alpha value is -1.37. The summed E-state index contributed by atoms with van der Waals surface area (Å²) in [6.45, 7) is 0. The summed E-state index contributed by atoms with van der Waals surface area (Å²) in [7, 11) is 0. The average Bonchev–Trinajstić information content (AvgIpc) is 2.44. The van der Waals surface area contributed by atoms with Crippen molar-refractivity contribution in [2.24, 2.45) is 5.10 Å². The van der Waals surface area contributed by atoms with Gasteiger partial charge < -0.3 is 5.11 Å². The van der Waals surface area contributed by atoms with Crippen LogP contribution < -0.4 is 5.43 Å². The van der Waals surface area contributed by atoms with Gasteiger partial charge in [-0.3, -0.25) is 4.79 Å². The topological polar surface area (TPSA) is 61.7 Å². The van der Waals surface area contributed by atoms with E-state index in [0.29, 0.717) is 20.6 Å². The molecule has 0 aromatic heterocycles. The molecule has 0 radical (unpaired) electrons. The number of rotatable bonds is 3. The van der Waals surface area contributed by atoms with Crippen molar-refractivity contribution in [3.8, 4) is 5.75 Å². The van der Waals surface area contributed by atoms with E-state index in [0.717, 1.165) is 4.47 Å². The van der Waals surface area contributed by atoms with E-state index in [-0.39, 0.29) is 11.7 Å². The lowest BCUT2D eigenvalue weighted by atomic mass is 10.2. The fourth-order valence-corrected chi connectivity index (χ4v) is 2.89. The Kier molecular flexibility index (Phi) is 5.39. The van der Waals surface area contributed by atoms with Crippen LogP contribution in [0.1, 0.15) is 15.9 Å². The van der Waals surface area contributed by atoms with Crippen LogP contribution in [0, 0.1) is 0 Å². The van der Waals surface area contributed by atoms with Crippen LogP contribution in [0.2, 0.25) is 5.02 Å².